The zero-order chi connectivity index (χ0) is 29.4. The van der Waals surface area contributed by atoms with Crippen LogP contribution in [0.1, 0.15) is 59.0 Å². The van der Waals surface area contributed by atoms with Crippen molar-refractivity contribution in [3.63, 3.8) is 0 Å². The Kier molecular flexibility index (Phi) is 8.20. The molecule has 0 saturated carbocycles. The highest BCUT2D eigenvalue weighted by molar-refractivity contribution is 6.07. The van der Waals surface area contributed by atoms with Crippen LogP contribution in [0.25, 0.3) is 0 Å². The zero-order valence-corrected chi connectivity index (χ0v) is 23.1. The van der Waals surface area contributed by atoms with Gasteiger partial charge < -0.3 is 19.8 Å². The largest absolute Gasteiger partial charge is 0.382 e. The molecule has 212 valence electrons. The van der Waals surface area contributed by atoms with Crippen molar-refractivity contribution in [2.24, 2.45) is 4.99 Å². The Bertz CT molecular complexity index is 1370. The van der Waals surface area contributed by atoms with Crippen molar-refractivity contribution in [2.75, 3.05) is 6.67 Å². The van der Waals surface area contributed by atoms with Crippen molar-refractivity contribution < 1.29 is 34.1 Å². The molecule has 0 aliphatic carbocycles. The predicted molar refractivity (Wildman–Crippen MR) is 146 cm³/mol. The lowest BCUT2D eigenvalue weighted by molar-refractivity contribution is -0.115. The van der Waals surface area contributed by atoms with Gasteiger partial charge in [0, 0.05) is 30.5 Å². The van der Waals surface area contributed by atoms with Crippen molar-refractivity contribution in [3.05, 3.63) is 70.8 Å². The van der Waals surface area contributed by atoms with Gasteiger partial charge in [-0.3, -0.25) is 24.6 Å². The van der Waals surface area contributed by atoms with Gasteiger partial charge in [0.05, 0.1) is 0 Å². The second kappa shape index (κ2) is 11.3. The third kappa shape index (κ3) is 5.40. The van der Waals surface area contributed by atoms with Gasteiger partial charge in [-0.25, -0.2) is 4.79 Å². The van der Waals surface area contributed by atoms with Crippen LogP contribution < -0.4 is 5.32 Å². The summed E-state index contributed by atoms with van der Waals surface area (Å²) < 4.78 is 6.05. The Morgan fingerprint density at radius 1 is 1.05 bits per heavy atom. The third-order valence-corrected chi connectivity index (χ3v) is 7.30. The maximum atomic E-state index is 13.8. The third-order valence-electron chi connectivity index (χ3n) is 7.30. The first-order valence-electron chi connectivity index (χ1n) is 13.0. The Hall–Kier alpha value is -3.93. The molecule has 3 amide bonds. The lowest BCUT2D eigenvalue weighted by Crippen LogP contribution is -2.64. The maximum absolute atomic E-state index is 13.8. The average molecular weight is 551 g/mol. The number of urea groups is 1. The van der Waals surface area contributed by atoms with Gasteiger partial charge in [-0.2, -0.15) is 4.99 Å². The minimum absolute atomic E-state index is 0.0688. The predicted octanol–water partition coefficient (Wildman–Crippen LogP) is 2.17. The number of guanidine groups is 1. The zero-order valence-electron chi connectivity index (χ0n) is 23.1. The van der Waals surface area contributed by atoms with Crippen LogP contribution >= 0.6 is 0 Å². The van der Waals surface area contributed by atoms with Crippen LogP contribution in [0.5, 0.6) is 0 Å². The van der Waals surface area contributed by atoms with Gasteiger partial charge in [0.2, 0.25) is 11.9 Å². The van der Waals surface area contributed by atoms with Gasteiger partial charge in [-0.1, -0.05) is 48.5 Å². The molecule has 0 spiro atoms. The maximum Gasteiger partial charge on any atom is 0.327 e. The Labute approximate surface area is 232 Å². The number of benzene rings is 2. The molecule has 2 aliphatic rings. The van der Waals surface area contributed by atoms with E-state index in [-0.39, 0.29) is 29.8 Å². The molecular weight excluding hydrogens is 516 g/mol. The standard InChI is InChI=1S/C29H34N4O7/c1-16(2)32-15-33(28(38)31-27(32)30-19(5)34)22-14-29(39,25(37)21-13-9-7-11-18(21)4)26(40-22)24(36)23(35)20-12-8-6-10-17(20)3/h6-13,16,22,24,26,36,39H,14-15H2,1-5H3,(H,30,31,34,38)/t22-,24?,26-,29-/m1/s1. The highest BCUT2D eigenvalue weighted by atomic mass is 16.6. The molecule has 1 unspecified atom stereocenters. The molecule has 2 aromatic carbocycles. The average Bonchev–Trinajstić information content (AvgIpc) is 3.25. The van der Waals surface area contributed by atoms with E-state index in [1.165, 1.54) is 11.8 Å². The summed E-state index contributed by atoms with van der Waals surface area (Å²) in [7, 11) is 0. The fraction of sp³-hybridized carbons (Fsp3) is 0.414. The molecule has 0 bridgehead atoms. The van der Waals surface area contributed by atoms with Crippen molar-refractivity contribution in [3.8, 4) is 0 Å². The van der Waals surface area contributed by atoms with Crippen LogP contribution in [0.15, 0.2) is 53.5 Å². The first-order valence-corrected chi connectivity index (χ1v) is 13.0. The second-order valence-electron chi connectivity index (χ2n) is 10.5. The number of rotatable bonds is 7. The van der Waals surface area contributed by atoms with Gasteiger partial charge in [-0.15, -0.1) is 0 Å². The Morgan fingerprint density at radius 3 is 2.17 bits per heavy atom. The first kappa shape index (κ1) is 29.1. The van der Waals surface area contributed by atoms with E-state index in [4.69, 9.17) is 4.74 Å². The van der Waals surface area contributed by atoms with E-state index < -0.39 is 54.0 Å². The number of nitrogens with zero attached hydrogens (tertiary/aromatic N) is 3. The van der Waals surface area contributed by atoms with Gasteiger partial charge in [-0.05, 0) is 38.8 Å². The van der Waals surface area contributed by atoms with Gasteiger partial charge in [0.15, 0.2) is 17.2 Å². The summed E-state index contributed by atoms with van der Waals surface area (Å²) in [4.78, 5) is 58.8. The number of aryl methyl sites for hydroxylation is 2. The van der Waals surface area contributed by atoms with Gasteiger partial charge in [0.1, 0.15) is 25.1 Å². The molecule has 3 N–H and O–H groups in total. The van der Waals surface area contributed by atoms with Crippen molar-refractivity contribution in [1.82, 2.24) is 15.1 Å². The van der Waals surface area contributed by atoms with Crippen LogP contribution in [0.3, 0.4) is 0 Å². The SMILES string of the molecule is CC(=O)N=C1NC(=O)N([C@H]2C[C@@](O)(C(=O)c3ccccc3C)[C@@H](C(O)C(=O)c3ccccc3C)O2)CN1C(C)C. The first-order chi connectivity index (χ1) is 18.8. The molecule has 2 aliphatic heterocycles. The number of aliphatic hydroxyl groups excluding tert-OH is 1. The fourth-order valence-corrected chi connectivity index (χ4v) is 5.07. The number of aliphatic imine (C=N–C) groups is 1. The van der Waals surface area contributed by atoms with Crippen LogP contribution in [0, 0.1) is 13.8 Å². The number of amides is 3. The van der Waals surface area contributed by atoms with E-state index >= 15 is 0 Å². The summed E-state index contributed by atoms with van der Waals surface area (Å²) in [5.74, 6) is -1.88. The molecule has 11 nitrogen and oxygen atoms in total. The molecule has 11 heteroatoms. The number of hydrogen-bond acceptors (Lipinski definition) is 7. The number of nitrogens with one attached hydrogen (secondary N) is 1. The molecule has 2 saturated heterocycles. The molecular formula is C29H34N4O7. The van der Waals surface area contributed by atoms with E-state index in [9.17, 15) is 29.4 Å². The summed E-state index contributed by atoms with van der Waals surface area (Å²) in [6.07, 6.45) is -5.18. The van der Waals surface area contributed by atoms with E-state index in [2.05, 4.69) is 10.3 Å². The van der Waals surface area contributed by atoms with Crippen LogP contribution in [0.2, 0.25) is 0 Å². The lowest BCUT2D eigenvalue weighted by Gasteiger charge is -2.41. The fourth-order valence-electron chi connectivity index (χ4n) is 5.07. The molecule has 2 fully saturated rings. The molecule has 2 heterocycles. The smallest absolute Gasteiger partial charge is 0.327 e. The number of carbonyl (C=O) groups is 4. The monoisotopic (exact) mass is 550 g/mol. The number of hydrogen-bond donors (Lipinski definition) is 3. The minimum Gasteiger partial charge on any atom is -0.382 e. The topological polar surface area (TPSA) is 149 Å². The molecule has 40 heavy (non-hydrogen) atoms. The summed E-state index contributed by atoms with van der Waals surface area (Å²) in [5.41, 5.74) is -0.715. The molecule has 4 rings (SSSR count). The normalized spacial score (nSPS) is 24.8. The summed E-state index contributed by atoms with van der Waals surface area (Å²) >= 11 is 0. The van der Waals surface area contributed by atoms with Crippen molar-refractivity contribution in [1.29, 1.82) is 0 Å². The van der Waals surface area contributed by atoms with Crippen molar-refractivity contribution in [2.45, 2.75) is 71.1 Å². The highest BCUT2D eigenvalue weighted by Gasteiger charge is 2.59. The summed E-state index contributed by atoms with van der Waals surface area (Å²) in [6, 6.07) is 12.4. The second-order valence-corrected chi connectivity index (χ2v) is 10.5. The van der Waals surface area contributed by atoms with Crippen LogP contribution in [0.4, 0.5) is 4.79 Å². The highest BCUT2D eigenvalue weighted by Crippen LogP contribution is 2.39. The van der Waals surface area contributed by atoms with Crippen LogP contribution in [-0.4, -0.2) is 86.2 Å². The van der Waals surface area contributed by atoms with Gasteiger partial charge >= 0.3 is 6.03 Å². The summed E-state index contributed by atoms with van der Waals surface area (Å²) in [5, 5.41) is 25.8. The van der Waals surface area contributed by atoms with E-state index in [0.717, 1.165) is 0 Å². The minimum atomic E-state index is -2.34. The lowest BCUT2D eigenvalue weighted by atomic mass is 9.81. The van der Waals surface area contributed by atoms with Crippen LogP contribution in [-0.2, 0) is 9.53 Å². The van der Waals surface area contributed by atoms with Crippen molar-refractivity contribution >= 4 is 29.5 Å². The number of ether oxygens (including phenoxy) is 1. The Morgan fingerprint density at radius 2 is 1.62 bits per heavy atom. The van der Waals surface area contributed by atoms with Gasteiger partial charge in [0.25, 0.3) is 0 Å². The van der Waals surface area contributed by atoms with E-state index in [0.29, 0.717) is 11.1 Å². The molecule has 0 aromatic heterocycles. The quantitative estimate of drug-likeness (QED) is 0.444. The molecule has 4 atom stereocenters. The number of ketones is 2. The van der Waals surface area contributed by atoms with E-state index in [1.807, 2.05) is 13.8 Å². The number of carbonyl (C=O) groups excluding carboxylic acids is 4. The van der Waals surface area contributed by atoms with E-state index in [1.54, 1.807) is 67.3 Å². The number of aliphatic hydroxyl groups is 2. The summed E-state index contributed by atoms with van der Waals surface area (Å²) in [6.45, 7) is 8.28. The number of Topliss-reactive ketones (excluding diaryl/α,β-unsaturated/α-hetero) is 2. The molecule has 0 radical (unpaired) electrons. The Balaban J connectivity index is 1.72. The molecule has 2 aromatic rings.